The molecule has 1 unspecified atom stereocenters. The maximum atomic E-state index is 13.1. The zero-order valence-electron chi connectivity index (χ0n) is 13.5. The van der Waals surface area contributed by atoms with Gasteiger partial charge < -0.3 is 0 Å². The summed E-state index contributed by atoms with van der Waals surface area (Å²) in [6, 6.07) is 11.1. The first-order valence-electron chi connectivity index (χ1n) is 7.35. The molecule has 7 heteroatoms. The van der Waals surface area contributed by atoms with Crippen molar-refractivity contribution in [2.24, 2.45) is 0 Å². The molecule has 0 amide bonds. The minimum Gasteiger partial charge on any atom is -0.271 e. The Morgan fingerprint density at radius 2 is 1.88 bits per heavy atom. The van der Waals surface area contributed by atoms with E-state index >= 15 is 0 Å². The van der Waals surface area contributed by atoms with Crippen LogP contribution in [0.2, 0.25) is 0 Å². The van der Waals surface area contributed by atoms with Crippen LogP contribution in [-0.2, 0) is 14.3 Å². The van der Waals surface area contributed by atoms with Gasteiger partial charge >= 0.3 is 0 Å². The average Bonchev–Trinajstić information content (AvgIpc) is 2.88. The first-order valence-corrected chi connectivity index (χ1v) is 10.0. The van der Waals surface area contributed by atoms with Gasteiger partial charge in [-0.1, -0.05) is 30.3 Å². The molecular weight excluding hydrogens is 346 g/mol. The predicted octanol–water partition coefficient (Wildman–Crippen LogP) is 3.37. The summed E-state index contributed by atoms with van der Waals surface area (Å²) in [6.45, 7) is 3.51. The third-order valence-electron chi connectivity index (χ3n) is 3.73. The Morgan fingerprint density at radius 1 is 1.21 bits per heavy atom. The molecule has 3 aromatic rings. The molecule has 0 spiro atoms. The molecular formula is C17H17NO4S2. The van der Waals surface area contributed by atoms with Gasteiger partial charge in [0.05, 0.1) is 11.8 Å². The second kappa shape index (κ2) is 6.16. The Bertz CT molecular complexity index is 1050. The fraction of sp³-hybridized carbons (Fsp3) is 0.235. The van der Waals surface area contributed by atoms with E-state index < -0.39 is 16.2 Å². The van der Waals surface area contributed by atoms with Crippen LogP contribution < -0.4 is 5.56 Å². The van der Waals surface area contributed by atoms with Crippen molar-refractivity contribution in [1.29, 1.82) is 0 Å². The first kappa shape index (κ1) is 16.9. The quantitative estimate of drug-likeness (QED) is 0.667. The van der Waals surface area contributed by atoms with Gasteiger partial charge in [-0.3, -0.25) is 13.4 Å². The van der Waals surface area contributed by atoms with Gasteiger partial charge in [0.15, 0.2) is 0 Å². The molecule has 0 fully saturated rings. The molecule has 24 heavy (non-hydrogen) atoms. The van der Waals surface area contributed by atoms with Crippen molar-refractivity contribution in [2.45, 2.75) is 20.0 Å². The topological polar surface area (TPSA) is 64.9 Å². The molecule has 0 radical (unpaired) electrons. The molecule has 0 aliphatic carbocycles. The van der Waals surface area contributed by atoms with Gasteiger partial charge in [0.1, 0.15) is 10.9 Å². The van der Waals surface area contributed by atoms with Crippen LogP contribution in [0.5, 0.6) is 0 Å². The predicted molar refractivity (Wildman–Crippen MR) is 96.1 cm³/mol. The Hall–Kier alpha value is -1.96. The van der Waals surface area contributed by atoms with Crippen molar-refractivity contribution >= 4 is 26.3 Å². The van der Waals surface area contributed by atoms with Crippen molar-refractivity contribution < 1.29 is 12.6 Å². The van der Waals surface area contributed by atoms with Crippen LogP contribution in [0.4, 0.5) is 0 Å². The number of thiazole rings is 1. The van der Waals surface area contributed by atoms with E-state index in [-0.39, 0.29) is 5.56 Å². The normalized spacial score (nSPS) is 13.3. The zero-order valence-corrected chi connectivity index (χ0v) is 15.1. The van der Waals surface area contributed by atoms with Crippen LogP contribution >= 0.6 is 11.3 Å². The number of hydrogen-bond donors (Lipinski definition) is 0. The Labute approximate surface area is 144 Å². The molecule has 0 aliphatic rings. The van der Waals surface area contributed by atoms with Gasteiger partial charge in [-0.15, -0.1) is 11.3 Å². The van der Waals surface area contributed by atoms with Crippen LogP contribution in [0.25, 0.3) is 16.0 Å². The number of fused-ring (bicyclic) bond motifs is 1. The lowest BCUT2D eigenvalue weighted by Gasteiger charge is -2.16. The maximum absolute atomic E-state index is 13.1. The van der Waals surface area contributed by atoms with E-state index in [0.717, 1.165) is 22.3 Å². The van der Waals surface area contributed by atoms with Gasteiger partial charge in [0.2, 0.25) is 0 Å². The molecule has 126 valence electrons. The van der Waals surface area contributed by atoms with E-state index in [1.54, 1.807) is 11.3 Å². The summed E-state index contributed by atoms with van der Waals surface area (Å²) in [7, 11) is -3.64. The number of pyridine rings is 1. The monoisotopic (exact) mass is 363 g/mol. The van der Waals surface area contributed by atoms with Crippen LogP contribution in [0.1, 0.15) is 24.3 Å². The van der Waals surface area contributed by atoms with E-state index in [4.69, 9.17) is 4.18 Å². The zero-order chi connectivity index (χ0) is 17.5. The fourth-order valence-electron chi connectivity index (χ4n) is 2.75. The first-order chi connectivity index (χ1) is 11.3. The summed E-state index contributed by atoms with van der Waals surface area (Å²) in [6.07, 6.45) is 0.252. The number of hydrogen-bond acceptors (Lipinski definition) is 5. The minimum absolute atomic E-state index is 0.170. The van der Waals surface area contributed by atoms with E-state index in [9.17, 15) is 13.2 Å². The summed E-state index contributed by atoms with van der Waals surface area (Å²) in [5.74, 6) is 0. The van der Waals surface area contributed by atoms with Crippen LogP contribution in [0.15, 0.2) is 46.6 Å². The largest absolute Gasteiger partial charge is 0.271 e. The highest BCUT2D eigenvalue weighted by atomic mass is 32.2. The average molecular weight is 363 g/mol. The van der Waals surface area contributed by atoms with Crippen molar-refractivity contribution in [2.75, 3.05) is 6.26 Å². The van der Waals surface area contributed by atoms with Gasteiger partial charge in [-0.2, -0.15) is 8.42 Å². The standard InChI is InChI=1S/C17H17NO4S2/c1-11-10-23-15-9-14(12(2)22-24(3,20)21)16(17(19)18(11)15)13-7-5-4-6-8-13/h4-10,12H,1-3H3. The summed E-state index contributed by atoms with van der Waals surface area (Å²) >= 11 is 1.44. The maximum Gasteiger partial charge on any atom is 0.264 e. The Balaban J connectivity index is 2.33. The molecule has 0 saturated heterocycles. The van der Waals surface area contributed by atoms with Crippen LogP contribution in [-0.4, -0.2) is 19.1 Å². The fourth-order valence-corrected chi connectivity index (χ4v) is 4.31. The van der Waals surface area contributed by atoms with Gasteiger partial charge in [0, 0.05) is 11.1 Å². The molecule has 2 heterocycles. The van der Waals surface area contributed by atoms with Gasteiger partial charge in [-0.25, -0.2) is 0 Å². The second-order valence-electron chi connectivity index (χ2n) is 5.64. The van der Waals surface area contributed by atoms with E-state index in [1.165, 1.54) is 11.3 Å². The lowest BCUT2D eigenvalue weighted by Crippen LogP contribution is -2.20. The molecule has 0 N–H and O–H groups in total. The smallest absolute Gasteiger partial charge is 0.264 e. The summed E-state index contributed by atoms with van der Waals surface area (Å²) in [5.41, 5.74) is 2.45. The van der Waals surface area contributed by atoms with Crippen LogP contribution in [0.3, 0.4) is 0 Å². The molecule has 1 aromatic carbocycles. The van der Waals surface area contributed by atoms with Gasteiger partial charge in [0.25, 0.3) is 15.7 Å². The lowest BCUT2D eigenvalue weighted by atomic mass is 9.98. The van der Waals surface area contributed by atoms with E-state index in [2.05, 4.69) is 0 Å². The van der Waals surface area contributed by atoms with Crippen molar-refractivity contribution in [3.05, 3.63) is 63.4 Å². The number of aromatic nitrogens is 1. The van der Waals surface area contributed by atoms with Crippen molar-refractivity contribution in [3.63, 3.8) is 0 Å². The van der Waals surface area contributed by atoms with Gasteiger partial charge in [-0.05, 0) is 31.0 Å². The van der Waals surface area contributed by atoms with E-state index in [1.807, 2.05) is 48.7 Å². The summed E-state index contributed by atoms with van der Waals surface area (Å²) in [5, 5.41) is 1.90. The molecule has 1 atom stereocenters. The number of benzene rings is 1. The lowest BCUT2D eigenvalue weighted by molar-refractivity contribution is 0.237. The molecule has 0 bridgehead atoms. The van der Waals surface area contributed by atoms with Crippen molar-refractivity contribution in [3.8, 4) is 11.1 Å². The van der Waals surface area contributed by atoms with Crippen molar-refractivity contribution in [1.82, 2.24) is 4.40 Å². The highest BCUT2D eigenvalue weighted by Crippen LogP contribution is 2.31. The molecule has 5 nitrogen and oxygen atoms in total. The van der Waals surface area contributed by atoms with E-state index in [0.29, 0.717) is 11.1 Å². The minimum atomic E-state index is -3.64. The molecule has 0 saturated carbocycles. The van der Waals surface area contributed by atoms with Crippen LogP contribution in [0, 0.1) is 6.92 Å². The summed E-state index contributed by atoms with van der Waals surface area (Å²) in [4.78, 5) is 13.8. The number of rotatable bonds is 4. The highest BCUT2D eigenvalue weighted by molar-refractivity contribution is 7.86. The third-order valence-corrected chi connectivity index (χ3v) is 5.37. The number of nitrogens with zero attached hydrogens (tertiary/aromatic N) is 1. The third kappa shape index (κ3) is 3.15. The molecule has 3 rings (SSSR count). The Morgan fingerprint density at radius 3 is 2.50 bits per heavy atom. The number of aryl methyl sites for hydroxylation is 1. The SMILES string of the molecule is Cc1csc2cc(C(C)OS(C)(=O)=O)c(-c3ccccc3)c(=O)n12. The Kier molecular flexibility index (Phi) is 4.33. The summed E-state index contributed by atoms with van der Waals surface area (Å²) < 4.78 is 29.8. The molecule has 2 aromatic heterocycles. The highest BCUT2D eigenvalue weighted by Gasteiger charge is 2.22. The second-order valence-corrected chi connectivity index (χ2v) is 8.13. The molecule has 0 aliphatic heterocycles.